The van der Waals surface area contributed by atoms with Gasteiger partial charge in [0.05, 0.1) is 29.0 Å². The van der Waals surface area contributed by atoms with Crippen LogP contribution in [0.4, 0.5) is 0 Å². The fraction of sp³-hybridized carbons (Fsp3) is 0.522. The molecule has 6 nitrogen and oxygen atoms in total. The Hall–Kier alpha value is -2.46. The van der Waals surface area contributed by atoms with Crippen LogP contribution in [-0.4, -0.2) is 41.2 Å². The highest BCUT2D eigenvalue weighted by Crippen LogP contribution is 2.36. The van der Waals surface area contributed by atoms with Gasteiger partial charge in [-0.25, -0.2) is 0 Å². The van der Waals surface area contributed by atoms with Gasteiger partial charge in [0.15, 0.2) is 0 Å². The van der Waals surface area contributed by atoms with Crippen molar-refractivity contribution in [2.24, 2.45) is 0 Å². The largest absolute Gasteiger partial charge is 0.494 e. The summed E-state index contributed by atoms with van der Waals surface area (Å²) in [7, 11) is 0. The molecule has 7 heteroatoms. The van der Waals surface area contributed by atoms with E-state index in [1.165, 1.54) is 11.8 Å². The molecule has 3 atom stereocenters. The standard InChI is InChI=1S/C23H29N3O3S/c1-4-29-18-10-8-17(9-11-18)19-12-21(27)25-23(20(19)13-24)30-14-22(28)26-15(2)6-5-7-16(26)3/h8-11,15-16,19H,4-7,12,14H2,1-3H3,(H,25,27)/t15-,16+,19-/m1/s1. The molecule has 3 rings (SSSR count). The number of nitrogens with zero attached hydrogens (tertiary/aromatic N) is 2. The molecule has 1 N–H and O–H groups in total. The third-order valence-corrected chi connectivity index (χ3v) is 6.77. The van der Waals surface area contributed by atoms with Gasteiger partial charge in [0, 0.05) is 24.4 Å². The van der Waals surface area contributed by atoms with Crippen LogP contribution in [-0.2, 0) is 9.59 Å². The van der Waals surface area contributed by atoms with E-state index in [1.54, 1.807) is 0 Å². The van der Waals surface area contributed by atoms with Crippen molar-refractivity contribution in [1.82, 2.24) is 10.2 Å². The molecular formula is C23H29N3O3S. The van der Waals surface area contributed by atoms with Crippen LogP contribution in [0.3, 0.4) is 0 Å². The average Bonchev–Trinajstić information content (AvgIpc) is 2.72. The lowest BCUT2D eigenvalue weighted by molar-refractivity contribution is -0.134. The molecule has 2 amide bonds. The highest BCUT2D eigenvalue weighted by Gasteiger charge is 2.32. The van der Waals surface area contributed by atoms with Gasteiger partial charge in [-0.05, 0) is 57.7 Å². The van der Waals surface area contributed by atoms with Gasteiger partial charge in [-0.3, -0.25) is 9.59 Å². The predicted octanol–water partition coefficient (Wildman–Crippen LogP) is 3.95. The van der Waals surface area contributed by atoms with Crippen LogP contribution in [0.2, 0.25) is 0 Å². The number of nitriles is 1. The zero-order valence-electron chi connectivity index (χ0n) is 17.8. The van der Waals surface area contributed by atoms with E-state index in [0.717, 1.165) is 30.6 Å². The van der Waals surface area contributed by atoms with Gasteiger partial charge in [0.1, 0.15) is 5.75 Å². The number of carbonyl (C=O) groups is 2. The van der Waals surface area contributed by atoms with E-state index >= 15 is 0 Å². The number of piperidine rings is 1. The molecule has 2 aliphatic heterocycles. The van der Waals surface area contributed by atoms with Crippen molar-refractivity contribution in [3.63, 3.8) is 0 Å². The van der Waals surface area contributed by atoms with E-state index in [-0.39, 0.29) is 42.0 Å². The van der Waals surface area contributed by atoms with Gasteiger partial charge < -0.3 is 15.0 Å². The van der Waals surface area contributed by atoms with E-state index in [1.807, 2.05) is 36.1 Å². The lowest BCUT2D eigenvalue weighted by atomic mass is 9.87. The first-order chi connectivity index (χ1) is 14.4. The summed E-state index contributed by atoms with van der Waals surface area (Å²) < 4.78 is 5.48. The number of nitrogens with one attached hydrogen (secondary N) is 1. The zero-order valence-corrected chi connectivity index (χ0v) is 18.6. The summed E-state index contributed by atoms with van der Waals surface area (Å²) in [6.45, 7) is 6.68. The second-order valence-electron chi connectivity index (χ2n) is 7.88. The molecule has 0 unspecified atom stereocenters. The van der Waals surface area contributed by atoms with Crippen molar-refractivity contribution in [2.45, 2.75) is 64.5 Å². The second-order valence-corrected chi connectivity index (χ2v) is 8.87. The normalized spacial score (nSPS) is 24.3. The number of likely N-dealkylation sites (tertiary alicyclic amines) is 1. The first-order valence-electron chi connectivity index (χ1n) is 10.5. The molecule has 1 fully saturated rings. The Balaban J connectivity index is 1.77. The molecule has 0 spiro atoms. The average molecular weight is 428 g/mol. The maximum Gasteiger partial charge on any atom is 0.233 e. The number of thioether (sulfide) groups is 1. The first-order valence-corrected chi connectivity index (χ1v) is 11.5. The SMILES string of the molecule is CCOc1ccc([C@H]2CC(=O)NC(SCC(=O)N3[C@H](C)CCC[C@@H]3C)=C2C#N)cc1. The van der Waals surface area contributed by atoms with Gasteiger partial charge in [-0.1, -0.05) is 23.9 Å². The van der Waals surface area contributed by atoms with Crippen molar-refractivity contribution < 1.29 is 14.3 Å². The third-order valence-electron chi connectivity index (χ3n) is 5.77. The monoisotopic (exact) mass is 427 g/mol. The maximum absolute atomic E-state index is 12.9. The van der Waals surface area contributed by atoms with Crippen LogP contribution < -0.4 is 10.1 Å². The van der Waals surface area contributed by atoms with Crippen LogP contribution in [0, 0.1) is 11.3 Å². The fourth-order valence-electron chi connectivity index (χ4n) is 4.30. The summed E-state index contributed by atoms with van der Waals surface area (Å²) in [6.07, 6.45) is 3.39. The van der Waals surface area contributed by atoms with Gasteiger partial charge in [-0.2, -0.15) is 5.26 Å². The highest BCUT2D eigenvalue weighted by molar-refractivity contribution is 8.03. The van der Waals surface area contributed by atoms with Crippen LogP contribution in [0.25, 0.3) is 0 Å². The van der Waals surface area contributed by atoms with E-state index in [0.29, 0.717) is 17.2 Å². The Morgan fingerprint density at radius 2 is 1.93 bits per heavy atom. The molecule has 1 aromatic rings. The predicted molar refractivity (Wildman–Crippen MR) is 118 cm³/mol. The number of benzene rings is 1. The summed E-state index contributed by atoms with van der Waals surface area (Å²) in [4.78, 5) is 27.2. The first kappa shape index (κ1) is 22.2. The number of amides is 2. The molecular weight excluding hydrogens is 398 g/mol. The number of allylic oxidation sites excluding steroid dienone is 1. The minimum absolute atomic E-state index is 0.0573. The Bertz CT molecular complexity index is 849. The van der Waals surface area contributed by atoms with Crippen molar-refractivity contribution in [1.29, 1.82) is 5.26 Å². The third kappa shape index (κ3) is 4.99. The van der Waals surface area contributed by atoms with Crippen LogP contribution in [0.5, 0.6) is 5.75 Å². The van der Waals surface area contributed by atoms with Gasteiger partial charge >= 0.3 is 0 Å². The van der Waals surface area contributed by atoms with E-state index in [4.69, 9.17) is 4.74 Å². The van der Waals surface area contributed by atoms with Crippen LogP contribution >= 0.6 is 11.8 Å². The number of hydrogen-bond donors (Lipinski definition) is 1. The van der Waals surface area contributed by atoms with Crippen molar-refractivity contribution in [3.8, 4) is 11.8 Å². The Labute approximate surface area is 182 Å². The lowest BCUT2D eigenvalue weighted by Gasteiger charge is -2.39. The van der Waals surface area contributed by atoms with Crippen LogP contribution in [0.15, 0.2) is 34.9 Å². The molecule has 0 bridgehead atoms. The second kappa shape index (κ2) is 10.0. The summed E-state index contributed by atoms with van der Waals surface area (Å²) in [6, 6.07) is 10.2. The fourth-order valence-corrected chi connectivity index (χ4v) is 5.25. The number of carbonyl (C=O) groups excluding carboxylic acids is 2. The van der Waals surface area contributed by atoms with Crippen LogP contribution in [0.1, 0.15) is 57.9 Å². The summed E-state index contributed by atoms with van der Waals surface area (Å²) in [5, 5.41) is 13.1. The Morgan fingerprint density at radius 1 is 1.27 bits per heavy atom. The summed E-state index contributed by atoms with van der Waals surface area (Å²) >= 11 is 1.26. The van der Waals surface area contributed by atoms with Crippen molar-refractivity contribution in [3.05, 3.63) is 40.4 Å². The van der Waals surface area contributed by atoms with Crippen molar-refractivity contribution >= 4 is 23.6 Å². The molecule has 0 aliphatic carbocycles. The molecule has 2 heterocycles. The summed E-state index contributed by atoms with van der Waals surface area (Å²) in [5.41, 5.74) is 1.41. The van der Waals surface area contributed by atoms with E-state index < -0.39 is 0 Å². The molecule has 0 radical (unpaired) electrons. The molecule has 160 valence electrons. The molecule has 0 saturated carbocycles. The molecule has 1 aromatic carbocycles. The van der Waals surface area contributed by atoms with Gasteiger partial charge in [-0.15, -0.1) is 0 Å². The number of ether oxygens (including phenoxy) is 1. The Morgan fingerprint density at radius 3 is 2.53 bits per heavy atom. The quantitative estimate of drug-likeness (QED) is 0.743. The van der Waals surface area contributed by atoms with E-state index in [9.17, 15) is 14.9 Å². The zero-order chi connectivity index (χ0) is 21.7. The Kier molecular flexibility index (Phi) is 7.43. The summed E-state index contributed by atoms with van der Waals surface area (Å²) in [5.74, 6) is 0.578. The molecule has 0 aromatic heterocycles. The minimum atomic E-state index is -0.315. The lowest BCUT2D eigenvalue weighted by Crippen LogP contribution is -2.48. The van der Waals surface area contributed by atoms with Gasteiger partial charge in [0.2, 0.25) is 11.8 Å². The van der Waals surface area contributed by atoms with E-state index in [2.05, 4.69) is 25.2 Å². The molecule has 2 aliphatic rings. The molecule has 30 heavy (non-hydrogen) atoms. The minimum Gasteiger partial charge on any atom is -0.494 e. The highest BCUT2D eigenvalue weighted by atomic mass is 32.2. The smallest absolute Gasteiger partial charge is 0.233 e. The number of rotatable bonds is 6. The molecule has 1 saturated heterocycles. The van der Waals surface area contributed by atoms with Crippen molar-refractivity contribution in [2.75, 3.05) is 12.4 Å². The number of hydrogen-bond acceptors (Lipinski definition) is 5. The maximum atomic E-state index is 12.9. The van der Waals surface area contributed by atoms with Gasteiger partial charge in [0.25, 0.3) is 0 Å². The topological polar surface area (TPSA) is 82.4 Å².